The Balaban J connectivity index is 1.73. The number of aliphatic hydroxyl groups excluding tert-OH is 1. The minimum atomic E-state index is -1.91. The van der Waals surface area contributed by atoms with Crippen molar-refractivity contribution in [3.05, 3.63) is 71.8 Å². The molecular weight excluding hydrogens is 336 g/mol. The fourth-order valence-electron chi connectivity index (χ4n) is 2.96. The second-order valence-electron chi connectivity index (χ2n) is 6.31. The van der Waals surface area contributed by atoms with Gasteiger partial charge in [0.15, 0.2) is 11.4 Å². The summed E-state index contributed by atoms with van der Waals surface area (Å²) in [5.74, 6) is -1.20. The van der Waals surface area contributed by atoms with Gasteiger partial charge in [-0.25, -0.2) is 4.79 Å². The zero-order valence-electron chi connectivity index (χ0n) is 14.2. The van der Waals surface area contributed by atoms with Crippen molar-refractivity contribution in [2.24, 2.45) is 0 Å². The van der Waals surface area contributed by atoms with Gasteiger partial charge in [0.1, 0.15) is 6.10 Å². The van der Waals surface area contributed by atoms with Gasteiger partial charge in [0.05, 0.1) is 11.7 Å². The fourth-order valence-corrected chi connectivity index (χ4v) is 2.96. The Morgan fingerprint density at radius 3 is 2.15 bits per heavy atom. The van der Waals surface area contributed by atoms with Gasteiger partial charge >= 0.3 is 5.97 Å². The summed E-state index contributed by atoms with van der Waals surface area (Å²) in [5.41, 5.74) is -1.27. The van der Waals surface area contributed by atoms with E-state index in [1.54, 1.807) is 60.7 Å². The van der Waals surface area contributed by atoms with Crippen molar-refractivity contribution in [1.29, 1.82) is 0 Å². The van der Waals surface area contributed by atoms with Crippen LogP contribution in [0.5, 0.6) is 0 Å². The summed E-state index contributed by atoms with van der Waals surface area (Å²) < 4.78 is 10.7. The van der Waals surface area contributed by atoms with Crippen LogP contribution in [-0.2, 0) is 9.47 Å². The topological polar surface area (TPSA) is 93.1 Å². The zero-order chi connectivity index (χ0) is 18.7. The molecule has 0 saturated carbocycles. The van der Waals surface area contributed by atoms with Gasteiger partial charge in [-0.05, 0) is 19.1 Å². The molecule has 26 heavy (non-hydrogen) atoms. The molecule has 2 aromatic carbocycles. The van der Waals surface area contributed by atoms with Crippen LogP contribution in [0.1, 0.15) is 34.1 Å². The van der Waals surface area contributed by atoms with Crippen LogP contribution >= 0.6 is 0 Å². The first-order valence-corrected chi connectivity index (χ1v) is 8.33. The van der Waals surface area contributed by atoms with Crippen LogP contribution in [0.25, 0.3) is 0 Å². The Hall–Kier alpha value is -2.54. The number of ketones is 1. The Morgan fingerprint density at radius 2 is 1.58 bits per heavy atom. The van der Waals surface area contributed by atoms with E-state index < -0.39 is 35.9 Å². The molecule has 6 nitrogen and oxygen atoms in total. The van der Waals surface area contributed by atoms with Crippen LogP contribution < -0.4 is 0 Å². The first kappa shape index (κ1) is 18.3. The van der Waals surface area contributed by atoms with Gasteiger partial charge in [0, 0.05) is 12.0 Å². The molecule has 3 rings (SSSR count). The molecule has 1 saturated heterocycles. The van der Waals surface area contributed by atoms with E-state index in [0.717, 1.165) is 0 Å². The van der Waals surface area contributed by atoms with Gasteiger partial charge in [-0.2, -0.15) is 0 Å². The maximum absolute atomic E-state index is 12.7. The average molecular weight is 356 g/mol. The summed E-state index contributed by atoms with van der Waals surface area (Å²) in [6.45, 7) is 1.51. The van der Waals surface area contributed by atoms with Crippen molar-refractivity contribution in [2.45, 2.75) is 37.4 Å². The number of hydrogen-bond donors (Lipinski definition) is 2. The van der Waals surface area contributed by atoms with Crippen molar-refractivity contribution in [3.63, 3.8) is 0 Å². The van der Waals surface area contributed by atoms with Crippen LogP contribution in [-0.4, -0.2) is 46.1 Å². The molecule has 1 unspecified atom stereocenters. The van der Waals surface area contributed by atoms with Gasteiger partial charge < -0.3 is 19.7 Å². The maximum Gasteiger partial charge on any atom is 0.340 e. The highest BCUT2D eigenvalue weighted by molar-refractivity contribution is 6.02. The second-order valence-corrected chi connectivity index (χ2v) is 6.31. The Labute approximate surface area is 151 Å². The Kier molecular flexibility index (Phi) is 5.18. The molecular formula is C20H20O6. The van der Waals surface area contributed by atoms with Crippen LogP contribution in [0.15, 0.2) is 60.7 Å². The normalized spacial score (nSPS) is 28.3. The third-order valence-electron chi connectivity index (χ3n) is 4.51. The predicted molar refractivity (Wildman–Crippen MR) is 92.5 cm³/mol. The quantitative estimate of drug-likeness (QED) is 0.643. The van der Waals surface area contributed by atoms with Crippen molar-refractivity contribution in [2.75, 3.05) is 0 Å². The molecule has 1 aliphatic rings. The number of carbonyl (C=O) groups is 2. The number of aliphatic hydroxyl groups is 2. The zero-order valence-corrected chi connectivity index (χ0v) is 14.2. The third-order valence-corrected chi connectivity index (χ3v) is 4.51. The summed E-state index contributed by atoms with van der Waals surface area (Å²) in [4.78, 5) is 24.8. The van der Waals surface area contributed by atoms with E-state index in [1.807, 2.05) is 0 Å². The average Bonchev–Trinajstić information content (AvgIpc) is 2.66. The van der Waals surface area contributed by atoms with Crippen molar-refractivity contribution in [1.82, 2.24) is 0 Å². The minimum absolute atomic E-state index is 0.297. The van der Waals surface area contributed by atoms with E-state index in [-0.39, 0.29) is 6.42 Å². The number of rotatable bonds is 4. The molecule has 1 aliphatic heterocycles. The molecule has 0 aromatic heterocycles. The van der Waals surface area contributed by atoms with Crippen molar-refractivity contribution >= 4 is 11.8 Å². The molecule has 2 aromatic rings. The number of ether oxygens (including phenoxy) is 2. The molecule has 2 N–H and O–H groups in total. The molecule has 0 spiro atoms. The van der Waals surface area contributed by atoms with Crippen LogP contribution in [0.3, 0.4) is 0 Å². The van der Waals surface area contributed by atoms with Gasteiger partial charge in [-0.1, -0.05) is 48.5 Å². The van der Waals surface area contributed by atoms with E-state index in [9.17, 15) is 19.8 Å². The number of Topliss-reactive ketones (excluding diaryl/α,β-unsaturated/α-hetero) is 1. The van der Waals surface area contributed by atoms with E-state index in [2.05, 4.69) is 0 Å². The molecule has 0 bridgehead atoms. The van der Waals surface area contributed by atoms with E-state index in [1.165, 1.54) is 6.92 Å². The van der Waals surface area contributed by atoms with Gasteiger partial charge in [0.2, 0.25) is 6.29 Å². The molecule has 1 heterocycles. The minimum Gasteiger partial charge on any atom is -0.429 e. The number of hydrogen-bond acceptors (Lipinski definition) is 6. The molecule has 4 atom stereocenters. The Bertz CT molecular complexity index is 775. The largest absolute Gasteiger partial charge is 0.429 e. The van der Waals surface area contributed by atoms with Crippen molar-refractivity contribution < 1.29 is 29.3 Å². The summed E-state index contributed by atoms with van der Waals surface area (Å²) in [5, 5.41) is 21.1. The van der Waals surface area contributed by atoms with Gasteiger partial charge in [-0.15, -0.1) is 0 Å². The van der Waals surface area contributed by atoms with Crippen LogP contribution in [0.4, 0.5) is 0 Å². The molecule has 0 radical (unpaired) electrons. The number of esters is 1. The van der Waals surface area contributed by atoms with Crippen LogP contribution in [0.2, 0.25) is 0 Å². The standard InChI is InChI=1S/C20H20O6/c1-13-20(24,17(22)14-8-4-2-5-9-14)12-16(21)19(25-13)26-18(23)15-10-6-3-7-11-15/h2-11,13,16,19,21,24H,12H2,1H3/t13-,16+,19?,20+/m0/s1. The lowest BCUT2D eigenvalue weighted by molar-refractivity contribution is -0.256. The third kappa shape index (κ3) is 3.53. The van der Waals surface area contributed by atoms with Gasteiger partial charge in [-0.3, -0.25) is 4.79 Å². The summed E-state index contributed by atoms with van der Waals surface area (Å²) >= 11 is 0. The van der Waals surface area contributed by atoms with Crippen molar-refractivity contribution in [3.8, 4) is 0 Å². The monoisotopic (exact) mass is 356 g/mol. The SMILES string of the molecule is C[C@@H]1OC(OC(=O)c2ccccc2)[C@H](O)C[C@]1(O)C(=O)c1ccccc1. The summed E-state index contributed by atoms with van der Waals surface area (Å²) in [7, 11) is 0. The van der Waals surface area contributed by atoms with E-state index in [0.29, 0.717) is 11.1 Å². The lowest BCUT2D eigenvalue weighted by atomic mass is 9.81. The number of carbonyl (C=O) groups excluding carboxylic acids is 2. The lowest BCUT2D eigenvalue weighted by Gasteiger charge is -2.42. The highest BCUT2D eigenvalue weighted by Crippen LogP contribution is 2.33. The lowest BCUT2D eigenvalue weighted by Crippen LogP contribution is -2.59. The Morgan fingerprint density at radius 1 is 1.04 bits per heavy atom. The second kappa shape index (κ2) is 7.37. The molecule has 136 valence electrons. The highest BCUT2D eigenvalue weighted by Gasteiger charge is 2.51. The van der Waals surface area contributed by atoms with Crippen LogP contribution in [0, 0.1) is 0 Å². The maximum atomic E-state index is 12.7. The first-order valence-electron chi connectivity index (χ1n) is 8.33. The predicted octanol–water partition coefficient (Wildman–Crippen LogP) is 1.95. The summed E-state index contributed by atoms with van der Waals surface area (Å²) in [6.07, 6.45) is -3.86. The van der Waals surface area contributed by atoms with E-state index >= 15 is 0 Å². The van der Waals surface area contributed by atoms with Gasteiger partial charge in [0.25, 0.3) is 0 Å². The molecule has 0 amide bonds. The molecule has 1 fully saturated rings. The molecule has 6 heteroatoms. The smallest absolute Gasteiger partial charge is 0.340 e. The highest BCUT2D eigenvalue weighted by atomic mass is 16.7. The molecule has 0 aliphatic carbocycles. The fraction of sp³-hybridized carbons (Fsp3) is 0.300. The first-order chi connectivity index (χ1) is 12.4. The van der Waals surface area contributed by atoms with E-state index in [4.69, 9.17) is 9.47 Å². The summed E-state index contributed by atoms with van der Waals surface area (Å²) in [6, 6.07) is 16.6. The number of benzene rings is 2.